The predicted molar refractivity (Wildman–Crippen MR) is 57.1 cm³/mol. The van der Waals surface area contributed by atoms with Crippen LogP contribution in [0.25, 0.3) is 4.85 Å². The van der Waals surface area contributed by atoms with Gasteiger partial charge in [-0.15, -0.1) is 0 Å². The van der Waals surface area contributed by atoms with E-state index in [0.29, 0.717) is 0 Å². The molecule has 0 amide bonds. The fraction of sp³-hybridized carbons (Fsp3) is 0.273. The summed E-state index contributed by atoms with van der Waals surface area (Å²) >= 11 is 0. The molecule has 0 unspecified atom stereocenters. The number of hydrogen-bond acceptors (Lipinski definition) is 4. The Bertz CT molecular complexity index is 423. The zero-order chi connectivity index (χ0) is 12.1. The highest BCUT2D eigenvalue weighted by Crippen LogP contribution is 2.38. The number of esters is 1. The predicted octanol–water partition coefficient (Wildman–Crippen LogP) is 2.04. The molecule has 16 heavy (non-hydrogen) atoms. The molecule has 0 N–H and O–H groups in total. The molecule has 1 rings (SSSR count). The van der Waals surface area contributed by atoms with Gasteiger partial charge in [0.2, 0.25) is 0 Å². The number of carbonyl (C=O) groups excluding carboxylic acids is 1. The zero-order valence-corrected chi connectivity index (χ0v) is 9.23. The lowest BCUT2D eigenvalue weighted by atomic mass is 10.1. The summed E-state index contributed by atoms with van der Waals surface area (Å²) in [5.41, 5.74) is 0.515. The van der Waals surface area contributed by atoms with Crippen molar-refractivity contribution in [3.8, 4) is 11.5 Å². The van der Waals surface area contributed by atoms with Crippen molar-refractivity contribution in [1.29, 1.82) is 0 Å². The lowest BCUT2D eigenvalue weighted by Crippen LogP contribution is -2.02. The van der Waals surface area contributed by atoms with E-state index in [4.69, 9.17) is 16.0 Å². The summed E-state index contributed by atoms with van der Waals surface area (Å²) in [6.45, 7) is 7.00. The average Bonchev–Trinajstić information content (AvgIpc) is 2.35. The van der Waals surface area contributed by atoms with Crippen molar-refractivity contribution in [3.63, 3.8) is 0 Å². The van der Waals surface area contributed by atoms with E-state index in [9.17, 15) is 4.79 Å². The topological polar surface area (TPSA) is 49.1 Å². The smallest absolute Gasteiger partial charge is 0.338 e. The normalized spacial score (nSPS) is 9.12. The summed E-state index contributed by atoms with van der Waals surface area (Å²) in [6, 6.07) is 2.89. The van der Waals surface area contributed by atoms with E-state index in [-0.39, 0.29) is 22.7 Å². The first kappa shape index (κ1) is 11.9. The lowest BCUT2D eigenvalue weighted by molar-refractivity contribution is 0.0600. The Morgan fingerprint density at radius 3 is 2.00 bits per heavy atom. The third kappa shape index (κ3) is 2.06. The van der Waals surface area contributed by atoms with Crippen molar-refractivity contribution in [2.24, 2.45) is 0 Å². The van der Waals surface area contributed by atoms with Crippen LogP contribution in [0.4, 0.5) is 5.69 Å². The van der Waals surface area contributed by atoms with Crippen molar-refractivity contribution in [1.82, 2.24) is 0 Å². The van der Waals surface area contributed by atoms with E-state index in [1.807, 2.05) is 0 Å². The number of hydrogen-bond donors (Lipinski definition) is 0. The number of methoxy groups -OCH3 is 3. The highest BCUT2D eigenvalue weighted by atomic mass is 16.5. The van der Waals surface area contributed by atoms with E-state index in [1.165, 1.54) is 33.5 Å². The van der Waals surface area contributed by atoms with Crippen LogP contribution in [0.3, 0.4) is 0 Å². The van der Waals surface area contributed by atoms with Gasteiger partial charge in [-0.3, -0.25) is 0 Å². The molecule has 0 atom stereocenters. The zero-order valence-electron chi connectivity index (χ0n) is 9.23. The first-order valence-corrected chi connectivity index (χ1v) is 4.39. The second-order valence-corrected chi connectivity index (χ2v) is 2.83. The van der Waals surface area contributed by atoms with E-state index < -0.39 is 5.97 Å². The Morgan fingerprint density at radius 2 is 1.69 bits per heavy atom. The van der Waals surface area contributed by atoms with Crippen LogP contribution in [0, 0.1) is 6.57 Å². The Kier molecular flexibility index (Phi) is 3.72. The largest absolute Gasteiger partial charge is 0.508 e. The molecule has 0 aliphatic rings. The van der Waals surface area contributed by atoms with Crippen LogP contribution in [0.2, 0.25) is 0 Å². The molecule has 0 spiro atoms. The van der Waals surface area contributed by atoms with Gasteiger partial charge in [0.05, 0.1) is 33.5 Å². The standard InChI is InChI=1S/C11H11NO4/c1-12-10-8(14-2)5-7(11(13)16-4)6-9(10)15-3/h5-6H,2-4H3/i1-1. The molecular weight excluding hydrogens is 209 g/mol. The SMILES string of the molecule is COC(=O)c1cc(OC)c([N+]#[11C-])c(OC)c1. The van der Waals surface area contributed by atoms with Gasteiger partial charge in [-0.2, -0.15) is 0 Å². The second-order valence-electron chi connectivity index (χ2n) is 2.83. The lowest BCUT2D eigenvalue weighted by Gasteiger charge is -2.10. The summed E-state index contributed by atoms with van der Waals surface area (Å²) in [7, 11) is 4.12. The number of ether oxygens (including phenoxy) is 3. The first-order valence-electron chi connectivity index (χ1n) is 4.39. The van der Waals surface area contributed by atoms with Gasteiger partial charge in [-0.1, -0.05) is 0 Å². The molecule has 0 aliphatic carbocycles. The van der Waals surface area contributed by atoms with Crippen LogP contribution in [-0.2, 0) is 4.74 Å². The maximum absolute atomic E-state index is 11.3. The van der Waals surface area contributed by atoms with Crippen LogP contribution < -0.4 is 9.47 Å². The highest BCUT2D eigenvalue weighted by molar-refractivity contribution is 5.92. The second kappa shape index (κ2) is 5.03. The molecule has 0 aromatic heterocycles. The van der Waals surface area contributed by atoms with Crippen molar-refractivity contribution in [2.75, 3.05) is 21.3 Å². The van der Waals surface area contributed by atoms with Gasteiger partial charge in [0.25, 0.3) is 5.69 Å². The van der Waals surface area contributed by atoms with Gasteiger partial charge in [-0.05, 0) is 12.1 Å². The molecule has 0 bridgehead atoms. The molecule has 0 saturated carbocycles. The van der Waals surface area contributed by atoms with Crippen molar-refractivity contribution in [2.45, 2.75) is 0 Å². The van der Waals surface area contributed by atoms with E-state index in [0.717, 1.165) is 0 Å². The number of nitrogens with zero attached hydrogens (tertiary/aromatic N) is 1. The Morgan fingerprint density at radius 1 is 1.19 bits per heavy atom. The third-order valence-corrected chi connectivity index (χ3v) is 2.01. The Hall–Kier alpha value is -2.22. The van der Waals surface area contributed by atoms with Crippen molar-refractivity contribution < 1.29 is 19.0 Å². The summed E-state index contributed by atoms with van der Waals surface area (Å²) in [6.07, 6.45) is 0. The maximum atomic E-state index is 11.3. The summed E-state index contributed by atoms with van der Waals surface area (Å²) in [5, 5.41) is 0. The van der Waals surface area contributed by atoms with Crippen LogP contribution >= 0.6 is 0 Å². The molecule has 84 valence electrons. The minimum atomic E-state index is -0.506. The van der Waals surface area contributed by atoms with E-state index >= 15 is 0 Å². The number of benzene rings is 1. The van der Waals surface area contributed by atoms with Crippen molar-refractivity contribution in [3.05, 3.63) is 29.1 Å². The van der Waals surface area contributed by atoms with Gasteiger partial charge >= 0.3 is 5.97 Å². The quantitative estimate of drug-likeness (QED) is 0.577. The maximum Gasteiger partial charge on any atom is 0.338 e. The van der Waals surface area contributed by atoms with Gasteiger partial charge in [-0.25, -0.2) is 9.64 Å². The average molecular weight is 220 g/mol. The molecule has 5 nitrogen and oxygen atoms in total. The van der Waals surface area contributed by atoms with Crippen LogP contribution in [-0.4, -0.2) is 27.3 Å². The molecule has 0 radical (unpaired) electrons. The number of carbonyl (C=O) groups is 1. The van der Waals surface area contributed by atoms with Crippen molar-refractivity contribution >= 4 is 11.7 Å². The first-order chi connectivity index (χ1) is 7.67. The molecule has 0 fully saturated rings. The summed E-state index contributed by atoms with van der Waals surface area (Å²) < 4.78 is 14.6. The fourth-order valence-corrected chi connectivity index (χ4v) is 1.24. The number of rotatable bonds is 3. The monoisotopic (exact) mass is 220 g/mol. The molecule has 5 heteroatoms. The summed E-state index contributed by atoms with van der Waals surface area (Å²) in [4.78, 5) is 14.6. The molecule has 0 heterocycles. The van der Waals surface area contributed by atoms with Gasteiger partial charge < -0.3 is 14.2 Å². The minimum absolute atomic E-state index is 0.234. The van der Waals surface area contributed by atoms with Gasteiger partial charge in [0.1, 0.15) is 11.5 Å². The molecule has 0 aliphatic heterocycles. The van der Waals surface area contributed by atoms with Crippen LogP contribution in [0.1, 0.15) is 10.4 Å². The fourth-order valence-electron chi connectivity index (χ4n) is 1.24. The third-order valence-electron chi connectivity index (χ3n) is 2.01. The van der Waals surface area contributed by atoms with Crippen LogP contribution in [0.15, 0.2) is 12.1 Å². The van der Waals surface area contributed by atoms with Gasteiger partial charge in [0.15, 0.2) is 0 Å². The Balaban J connectivity index is 3.38. The molecule has 0 saturated heterocycles. The minimum Gasteiger partial charge on any atom is -0.508 e. The molecule has 1 aromatic rings. The highest BCUT2D eigenvalue weighted by Gasteiger charge is 2.16. The molecular formula is C11H11NO4. The molecule has 1 aromatic carbocycles. The Labute approximate surface area is 93.4 Å². The van der Waals surface area contributed by atoms with Gasteiger partial charge in [0, 0.05) is 0 Å². The van der Waals surface area contributed by atoms with Crippen LogP contribution in [0.5, 0.6) is 11.5 Å². The summed E-state index contributed by atoms with van der Waals surface area (Å²) in [5.74, 6) is 0.0673. The van der Waals surface area contributed by atoms with E-state index in [1.54, 1.807) is 0 Å². The van der Waals surface area contributed by atoms with E-state index in [2.05, 4.69) is 9.58 Å².